The van der Waals surface area contributed by atoms with E-state index in [0.717, 1.165) is 18.9 Å². The highest BCUT2D eigenvalue weighted by molar-refractivity contribution is 14.0. The molecule has 0 aromatic heterocycles. The molecule has 0 bridgehead atoms. The quantitative estimate of drug-likeness (QED) is 0.362. The summed E-state index contributed by atoms with van der Waals surface area (Å²) in [4.78, 5) is 6.46. The lowest BCUT2D eigenvalue weighted by Crippen LogP contribution is -2.37. The van der Waals surface area contributed by atoms with Crippen LogP contribution in [-0.4, -0.2) is 43.2 Å². The van der Waals surface area contributed by atoms with Crippen LogP contribution in [0.2, 0.25) is 0 Å². The van der Waals surface area contributed by atoms with Crippen molar-refractivity contribution in [2.24, 2.45) is 4.99 Å². The van der Waals surface area contributed by atoms with Crippen molar-refractivity contribution in [2.45, 2.75) is 13.0 Å². The summed E-state index contributed by atoms with van der Waals surface area (Å²) in [5.41, 5.74) is 1.19. The van der Waals surface area contributed by atoms with Gasteiger partial charge in [-0.15, -0.1) is 24.0 Å². The summed E-state index contributed by atoms with van der Waals surface area (Å²) in [6.07, 6.45) is 0.734. The third-order valence-electron chi connectivity index (χ3n) is 2.30. The largest absolute Gasteiger partial charge is 0.396 e. The van der Waals surface area contributed by atoms with Gasteiger partial charge < -0.3 is 15.3 Å². The van der Waals surface area contributed by atoms with Crippen molar-refractivity contribution in [2.75, 3.05) is 27.2 Å². The van der Waals surface area contributed by atoms with Crippen LogP contribution in [0.25, 0.3) is 0 Å². The van der Waals surface area contributed by atoms with Gasteiger partial charge in [-0.1, -0.05) is 30.3 Å². The summed E-state index contributed by atoms with van der Waals surface area (Å²) in [7, 11) is 3.91. The highest BCUT2D eigenvalue weighted by Crippen LogP contribution is 2.00. The van der Waals surface area contributed by atoms with Crippen LogP contribution in [-0.2, 0) is 6.54 Å². The molecule has 2 N–H and O–H groups in total. The maximum atomic E-state index is 8.73. The molecule has 5 heteroatoms. The predicted octanol–water partition coefficient (Wildman–Crippen LogP) is 1.69. The maximum Gasteiger partial charge on any atom is 0.193 e. The summed E-state index contributed by atoms with van der Waals surface area (Å²) >= 11 is 0. The minimum atomic E-state index is 0. The zero-order valence-electron chi connectivity index (χ0n) is 11.0. The number of hydrogen-bond acceptors (Lipinski definition) is 2. The van der Waals surface area contributed by atoms with Gasteiger partial charge in [-0.3, -0.25) is 0 Å². The first-order chi connectivity index (χ1) is 8.24. The fourth-order valence-corrected chi connectivity index (χ4v) is 1.38. The van der Waals surface area contributed by atoms with Gasteiger partial charge in [0.2, 0.25) is 0 Å². The second-order valence-corrected chi connectivity index (χ2v) is 4.02. The van der Waals surface area contributed by atoms with Crippen molar-refractivity contribution < 1.29 is 5.11 Å². The van der Waals surface area contributed by atoms with E-state index in [9.17, 15) is 0 Å². The van der Waals surface area contributed by atoms with Gasteiger partial charge in [-0.2, -0.15) is 0 Å². The van der Waals surface area contributed by atoms with E-state index in [1.54, 1.807) is 0 Å². The minimum Gasteiger partial charge on any atom is -0.396 e. The van der Waals surface area contributed by atoms with Gasteiger partial charge in [-0.25, -0.2) is 4.99 Å². The van der Waals surface area contributed by atoms with Gasteiger partial charge in [0, 0.05) is 27.2 Å². The molecule has 0 atom stereocenters. The van der Waals surface area contributed by atoms with Gasteiger partial charge in [-0.05, 0) is 12.0 Å². The third-order valence-corrected chi connectivity index (χ3v) is 2.30. The fraction of sp³-hybridized carbons (Fsp3) is 0.462. The lowest BCUT2D eigenvalue weighted by molar-refractivity contribution is 0.288. The molecular weight excluding hydrogens is 341 g/mol. The Hall–Kier alpha value is -0.820. The lowest BCUT2D eigenvalue weighted by atomic mass is 10.2. The van der Waals surface area contributed by atoms with Crippen LogP contribution in [0.5, 0.6) is 0 Å². The Morgan fingerprint density at radius 1 is 1.28 bits per heavy atom. The van der Waals surface area contributed by atoms with E-state index < -0.39 is 0 Å². The zero-order valence-corrected chi connectivity index (χ0v) is 13.3. The van der Waals surface area contributed by atoms with Crippen LogP contribution in [0.1, 0.15) is 12.0 Å². The van der Waals surface area contributed by atoms with E-state index in [1.807, 2.05) is 37.2 Å². The van der Waals surface area contributed by atoms with Crippen molar-refractivity contribution >= 4 is 29.9 Å². The molecular formula is C13H22IN3O. The molecule has 0 aliphatic rings. The van der Waals surface area contributed by atoms with Crippen molar-refractivity contribution in [1.29, 1.82) is 0 Å². The number of aliphatic hydroxyl groups excluding tert-OH is 1. The number of nitrogens with zero attached hydrogens (tertiary/aromatic N) is 2. The average Bonchev–Trinajstić information content (AvgIpc) is 2.34. The molecule has 102 valence electrons. The van der Waals surface area contributed by atoms with Crippen molar-refractivity contribution in [3.05, 3.63) is 35.9 Å². The zero-order chi connectivity index (χ0) is 12.5. The highest BCUT2D eigenvalue weighted by Gasteiger charge is 2.00. The summed E-state index contributed by atoms with van der Waals surface area (Å²) in [5, 5.41) is 11.9. The van der Waals surface area contributed by atoms with E-state index in [1.165, 1.54) is 5.56 Å². The molecule has 1 aromatic carbocycles. The molecule has 0 saturated carbocycles. The molecule has 0 spiro atoms. The Balaban J connectivity index is 0.00000289. The first kappa shape index (κ1) is 17.2. The molecule has 0 unspecified atom stereocenters. The number of aliphatic hydroxyl groups is 1. The van der Waals surface area contributed by atoms with Gasteiger partial charge in [0.1, 0.15) is 0 Å². The molecule has 0 aliphatic heterocycles. The van der Waals surface area contributed by atoms with E-state index >= 15 is 0 Å². The molecule has 0 fully saturated rings. The Labute approximate surface area is 126 Å². The maximum absolute atomic E-state index is 8.73. The topological polar surface area (TPSA) is 47.9 Å². The summed E-state index contributed by atoms with van der Waals surface area (Å²) < 4.78 is 0. The number of rotatable bonds is 5. The second-order valence-electron chi connectivity index (χ2n) is 4.02. The second kappa shape index (κ2) is 10.1. The molecule has 4 nitrogen and oxygen atoms in total. The molecule has 18 heavy (non-hydrogen) atoms. The molecule has 0 heterocycles. The van der Waals surface area contributed by atoms with Crippen molar-refractivity contribution in [3.63, 3.8) is 0 Å². The number of hydrogen-bond donors (Lipinski definition) is 2. The molecule has 0 aliphatic carbocycles. The number of nitrogens with one attached hydrogen (secondary N) is 1. The first-order valence-electron chi connectivity index (χ1n) is 5.84. The molecule has 0 radical (unpaired) electrons. The molecule has 0 amide bonds. The first-order valence-corrected chi connectivity index (χ1v) is 5.84. The summed E-state index contributed by atoms with van der Waals surface area (Å²) in [6.45, 7) is 1.61. The number of halogens is 1. The van der Waals surface area contributed by atoms with E-state index in [-0.39, 0.29) is 30.6 Å². The fourth-order valence-electron chi connectivity index (χ4n) is 1.38. The predicted molar refractivity (Wildman–Crippen MR) is 86.4 cm³/mol. The van der Waals surface area contributed by atoms with Crippen molar-refractivity contribution in [3.8, 4) is 0 Å². The van der Waals surface area contributed by atoms with Gasteiger partial charge in [0.15, 0.2) is 5.96 Å². The average molecular weight is 363 g/mol. The number of benzene rings is 1. The van der Waals surface area contributed by atoms with Crippen LogP contribution in [0.4, 0.5) is 0 Å². The van der Waals surface area contributed by atoms with Crippen LogP contribution in [0.15, 0.2) is 35.3 Å². The molecule has 1 rings (SSSR count). The highest BCUT2D eigenvalue weighted by atomic mass is 127. The Morgan fingerprint density at radius 2 is 1.94 bits per heavy atom. The van der Waals surface area contributed by atoms with Gasteiger partial charge in [0.05, 0.1) is 6.54 Å². The van der Waals surface area contributed by atoms with Crippen LogP contribution >= 0.6 is 24.0 Å². The van der Waals surface area contributed by atoms with Crippen LogP contribution < -0.4 is 5.32 Å². The van der Waals surface area contributed by atoms with Crippen LogP contribution in [0, 0.1) is 0 Å². The Kier molecular flexibility index (Phi) is 9.67. The number of guanidine groups is 1. The van der Waals surface area contributed by atoms with E-state index in [0.29, 0.717) is 6.54 Å². The minimum absolute atomic E-state index is 0. The monoisotopic (exact) mass is 363 g/mol. The standard InChI is InChI=1S/C13H21N3O.HI/c1-16(2)13(14-9-6-10-17)15-11-12-7-4-3-5-8-12;/h3-5,7-8,17H,6,9-11H2,1-2H3,(H,14,15);1H. The SMILES string of the molecule is CN(C)C(=NCc1ccccc1)NCCCO.I. The van der Waals surface area contributed by atoms with Gasteiger partial charge in [0.25, 0.3) is 0 Å². The van der Waals surface area contributed by atoms with Gasteiger partial charge >= 0.3 is 0 Å². The van der Waals surface area contributed by atoms with Crippen molar-refractivity contribution in [1.82, 2.24) is 10.2 Å². The summed E-state index contributed by atoms with van der Waals surface area (Å²) in [5.74, 6) is 0.849. The molecule has 0 saturated heterocycles. The normalized spacial score (nSPS) is 10.7. The smallest absolute Gasteiger partial charge is 0.193 e. The Morgan fingerprint density at radius 3 is 2.50 bits per heavy atom. The lowest BCUT2D eigenvalue weighted by Gasteiger charge is -2.17. The summed E-state index contributed by atoms with van der Waals surface area (Å²) in [6, 6.07) is 10.1. The number of aliphatic imine (C=N–C) groups is 1. The van der Waals surface area contributed by atoms with E-state index in [4.69, 9.17) is 5.11 Å². The van der Waals surface area contributed by atoms with Crippen LogP contribution in [0.3, 0.4) is 0 Å². The Bertz CT molecular complexity index is 341. The van der Waals surface area contributed by atoms with E-state index in [2.05, 4.69) is 22.4 Å². The molecule has 1 aromatic rings. The third kappa shape index (κ3) is 6.80.